The normalized spacial score (nSPS) is 10.5. The van der Waals surface area contributed by atoms with Crippen molar-refractivity contribution in [2.45, 2.75) is 48.1 Å². The van der Waals surface area contributed by atoms with Gasteiger partial charge in [-0.05, 0) is 38.8 Å². The zero-order chi connectivity index (χ0) is 18.7. The molecule has 0 aliphatic rings. The fourth-order valence-electron chi connectivity index (χ4n) is 2.87. The van der Waals surface area contributed by atoms with Crippen LogP contribution in [0.3, 0.4) is 0 Å². The predicted octanol–water partition coefficient (Wildman–Crippen LogP) is 5.18. The first-order valence-electron chi connectivity index (χ1n) is 8.58. The zero-order valence-electron chi connectivity index (χ0n) is 15.8. The van der Waals surface area contributed by atoms with E-state index >= 15 is 0 Å². The van der Waals surface area contributed by atoms with Crippen molar-refractivity contribution in [2.24, 2.45) is 0 Å². The van der Waals surface area contributed by atoms with E-state index in [0.29, 0.717) is 18.2 Å². The number of pyridine rings is 1. The maximum Gasteiger partial charge on any atom is 0.201 e. The molecule has 0 bridgehead atoms. The second-order valence-electron chi connectivity index (χ2n) is 5.98. The molecular weight excluding hydrogens is 330 g/mol. The highest BCUT2D eigenvalue weighted by Gasteiger charge is 2.18. The molecule has 25 heavy (non-hydrogen) atoms. The van der Waals surface area contributed by atoms with Gasteiger partial charge in [0.2, 0.25) is 5.43 Å². The monoisotopic (exact) mass is 355 g/mol. The first-order valence-corrected chi connectivity index (χ1v) is 9.39. The van der Waals surface area contributed by atoms with Crippen molar-refractivity contribution in [1.29, 1.82) is 0 Å². The Hall–Kier alpha value is -2.20. The second kappa shape index (κ2) is 7.79. The molecule has 132 valence electrons. The van der Waals surface area contributed by atoms with Gasteiger partial charge in [-0.25, -0.2) is 0 Å². The summed E-state index contributed by atoms with van der Waals surface area (Å²) >= 11 is 1.62. The average molecular weight is 356 g/mol. The van der Waals surface area contributed by atoms with Gasteiger partial charge in [-0.1, -0.05) is 43.7 Å². The number of aromatic nitrogens is 1. The van der Waals surface area contributed by atoms with Gasteiger partial charge in [0.1, 0.15) is 4.83 Å². The summed E-state index contributed by atoms with van der Waals surface area (Å²) in [5.41, 5.74) is 4.21. The van der Waals surface area contributed by atoms with E-state index in [9.17, 15) is 9.59 Å². The zero-order valence-corrected chi connectivity index (χ0v) is 16.6. The van der Waals surface area contributed by atoms with Gasteiger partial charge in [-0.15, -0.1) is 11.3 Å². The van der Waals surface area contributed by atoms with E-state index in [1.165, 1.54) is 5.56 Å². The summed E-state index contributed by atoms with van der Waals surface area (Å²) in [6.07, 6.45) is 0.690. The van der Waals surface area contributed by atoms with Crippen molar-refractivity contribution in [3.8, 4) is 0 Å². The van der Waals surface area contributed by atoms with Gasteiger partial charge in [-0.3, -0.25) is 9.59 Å². The highest BCUT2D eigenvalue weighted by atomic mass is 32.1. The molecule has 3 nitrogen and oxygen atoms in total. The van der Waals surface area contributed by atoms with E-state index in [1.54, 1.807) is 11.3 Å². The van der Waals surface area contributed by atoms with E-state index in [0.717, 1.165) is 26.5 Å². The summed E-state index contributed by atoms with van der Waals surface area (Å²) in [6, 6.07) is 8.34. The molecule has 0 fully saturated rings. The standard InChI is InChI=1S/C19H19NO2S.C2H6/c1-11-5-7-15(8-6-11)9-20-13(3)16(10-21)18(22)17-12(2)14(4)23-19(17)20;1-2/h5-8,10H,9H2,1-4H3;1-2H3. The lowest BCUT2D eigenvalue weighted by atomic mass is 10.1. The number of thiophene rings is 1. The Kier molecular flexibility index (Phi) is 5.96. The molecule has 0 aliphatic heterocycles. The average Bonchev–Trinajstić information content (AvgIpc) is 2.91. The topological polar surface area (TPSA) is 39.1 Å². The van der Waals surface area contributed by atoms with Gasteiger partial charge in [0.05, 0.1) is 10.9 Å². The largest absolute Gasteiger partial charge is 0.331 e. The molecule has 0 saturated carbocycles. The molecule has 4 heteroatoms. The smallest absolute Gasteiger partial charge is 0.201 e. The summed E-state index contributed by atoms with van der Waals surface area (Å²) < 4.78 is 2.09. The minimum Gasteiger partial charge on any atom is -0.331 e. The molecule has 2 aromatic heterocycles. The fraction of sp³-hybridized carbons (Fsp3) is 0.333. The molecule has 0 unspecified atom stereocenters. The van der Waals surface area contributed by atoms with Gasteiger partial charge >= 0.3 is 0 Å². The van der Waals surface area contributed by atoms with Gasteiger partial charge in [0.15, 0.2) is 6.29 Å². The lowest BCUT2D eigenvalue weighted by molar-refractivity contribution is 0.112. The SMILES string of the molecule is CC.Cc1ccc(Cn2c(C)c(C=O)c(=O)c3c(C)c(C)sc32)cc1. The van der Waals surface area contributed by atoms with E-state index in [1.807, 2.05) is 34.6 Å². The number of aldehydes is 1. The van der Waals surface area contributed by atoms with Crippen molar-refractivity contribution < 1.29 is 4.79 Å². The Labute approximate surface area is 152 Å². The minimum atomic E-state index is -0.144. The lowest BCUT2D eigenvalue weighted by Crippen LogP contribution is -2.18. The Morgan fingerprint density at radius 3 is 2.20 bits per heavy atom. The van der Waals surface area contributed by atoms with Crippen molar-refractivity contribution in [3.63, 3.8) is 0 Å². The Morgan fingerprint density at radius 2 is 1.64 bits per heavy atom. The number of carbonyl (C=O) groups is 1. The molecule has 0 spiro atoms. The summed E-state index contributed by atoms with van der Waals surface area (Å²) in [4.78, 5) is 26.2. The molecular formula is C21H25NO2S. The second-order valence-corrected chi connectivity index (χ2v) is 7.18. The first-order chi connectivity index (χ1) is 11.9. The molecule has 0 atom stereocenters. The number of rotatable bonds is 3. The number of carbonyl (C=O) groups excluding carboxylic acids is 1. The predicted molar refractivity (Wildman–Crippen MR) is 107 cm³/mol. The van der Waals surface area contributed by atoms with E-state index < -0.39 is 0 Å². The van der Waals surface area contributed by atoms with Crippen LogP contribution in [-0.4, -0.2) is 10.9 Å². The molecule has 3 rings (SSSR count). The molecule has 1 aromatic carbocycles. The van der Waals surface area contributed by atoms with Crippen LogP contribution in [-0.2, 0) is 6.54 Å². The highest BCUT2D eigenvalue weighted by Crippen LogP contribution is 2.30. The van der Waals surface area contributed by atoms with Gasteiger partial charge in [0, 0.05) is 17.1 Å². The number of nitrogens with zero attached hydrogens (tertiary/aromatic N) is 1. The summed E-state index contributed by atoms with van der Waals surface area (Å²) in [5, 5.41) is 0.687. The molecule has 0 saturated heterocycles. The van der Waals surface area contributed by atoms with Crippen LogP contribution in [0.1, 0.15) is 51.5 Å². The van der Waals surface area contributed by atoms with Crippen LogP contribution in [0.5, 0.6) is 0 Å². The van der Waals surface area contributed by atoms with Crippen molar-refractivity contribution in [1.82, 2.24) is 4.57 Å². The molecule has 0 amide bonds. The summed E-state index contributed by atoms with van der Waals surface area (Å²) in [5.74, 6) is 0. The van der Waals surface area contributed by atoms with Crippen molar-refractivity contribution in [2.75, 3.05) is 0 Å². The van der Waals surface area contributed by atoms with Crippen molar-refractivity contribution >= 4 is 27.8 Å². The molecule has 3 aromatic rings. The summed E-state index contributed by atoms with van der Waals surface area (Å²) in [6.45, 7) is 12.5. The Morgan fingerprint density at radius 1 is 1.04 bits per heavy atom. The third-order valence-corrected chi connectivity index (χ3v) is 5.69. The number of aryl methyl sites for hydroxylation is 3. The van der Waals surface area contributed by atoms with Crippen LogP contribution in [0.15, 0.2) is 29.1 Å². The molecule has 0 radical (unpaired) electrons. The van der Waals surface area contributed by atoms with Crippen LogP contribution in [0.4, 0.5) is 0 Å². The number of benzene rings is 1. The maximum absolute atomic E-state index is 12.6. The lowest BCUT2D eigenvalue weighted by Gasteiger charge is -2.14. The third-order valence-electron chi connectivity index (χ3n) is 4.46. The molecule has 2 heterocycles. The van der Waals surface area contributed by atoms with E-state index in [-0.39, 0.29) is 11.0 Å². The van der Waals surface area contributed by atoms with E-state index in [4.69, 9.17) is 0 Å². The van der Waals surface area contributed by atoms with Crippen LogP contribution in [0.25, 0.3) is 10.2 Å². The molecule has 0 aliphatic carbocycles. The van der Waals surface area contributed by atoms with Gasteiger partial charge < -0.3 is 4.57 Å². The fourth-order valence-corrected chi connectivity index (χ4v) is 4.07. The molecule has 0 N–H and O–H groups in total. The van der Waals surface area contributed by atoms with Gasteiger partial charge in [0.25, 0.3) is 0 Å². The highest BCUT2D eigenvalue weighted by molar-refractivity contribution is 7.18. The Balaban J connectivity index is 0.00000109. The number of fused-ring (bicyclic) bond motifs is 1. The minimum absolute atomic E-state index is 0.144. The maximum atomic E-state index is 12.6. The first kappa shape index (κ1) is 19.1. The number of hydrogen-bond acceptors (Lipinski definition) is 3. The Bertz CT molecular complexity index is 962. The van der Waals surface area contributed by atoms with Crippen molar-refractivity contribution in [3.05, 3.63) is 67.3 Å². The van der Waals surface area contributed by atoms with Crippen LogP contribution in [0.2, 0.25) is 0 Å². The third kappa shape index (κ3) is 3.45. The number of hydrogen-bond donors (Lipinski definition) is 0. The van der Waals surface area contributed by atoms with Gasteiger partial charge in [-0.2, -0.15) is 0 Å². The van der Waals surface area contributed by atoms with Crippen LogP contribution in [0, 0.1) is 27.7 Å². The van der Waals surface area contributed by atoms with E-state index in [2.05, 4.69) is 35.8 Å². The summed E-state index contributed by atoms with van der Waals surface area (Å²) in [7, 11) is 0. The van der Waals surface area contributed by atoms with Crippen LogP contribution >= 0.6 is 11.3 Å². The van der Waals surface area contributed by atoms with Crippen LogP contribution < -0.4 is 5.43 Å². The quantitative estimate of drug-likeness (QED) is 0.607.